The van der Waals surface area contributed by atoms with Gasteiger partial charge in [-0.1, -0.05) is 12.1 Å². The number of nitrogens with one attached hydrogen (secondary N) is 1. The quantitative estimate of drug-likeness (QED) is 0.830. The van der Waals surface area contributed by atoms with E-state index in [9.17, 15) is 14.0 Å². The van der Waals surface area contributed by atoms with Gasteiger partial charge in [0.2, 0.25) is 0 Å². The van der Waals surface area contributed by atoms with E-state index in [0.717, 1.165) is 4.88 Å². The van der Waals surface area contributed by atoms with Gasteiger partial charge in [0, 0.05) is 10.6 Å². The third-order valence-electron chi connectivity index (χ3n) is 2.93. The van der Waals surface area contributed by atoms with Crippen LogP contribution < -0.4 is 5.32 Å². The number of anilines is 1. The average molecular weight is 321 g/mol. The maximum Gasteiger partial charge on any atom is 0.306 e. The summed E-state index contributed by atoms with van der Waals surface area (Å²) in [5, 5.41) is 4.44. The maximum atomic E-state index is 13.0. The summed E-state index contributed by atoms with van der Waals surface area (Å²) >= 11 is 1.57. The lowest BCUT2D eigenvalue weighted by atomic mass is 10.2. The lowest BCUT2D eigenvalue weighted by Crippen LogP contribution is -2.30. The van der Waals surface area contributed by atoms with E-state index < -0.39 is 23.8 Å². The Kier molecular flexibility index (Phi) is 5.66. The topological polar surface area (TPSA) is 55.4 Å². The van der Waals surface area contributed by atoms with E-state index in [1.807, 2.05) is 17.5 Å². The summed E-state index contributed by atoms with van der Waals surface area (Å²) in [7, 11) is 0. The van der Waals surface area contributed by atoms with E-state index in [4.69, 9.17) is 4.74 Å². The highest BCUT2D eigenvalue weighted by Gasteiger charge is 2.18. The SMILES string of the molecule is C[C@H](OC(=O)CCc1cccs1)C(=O)Nc1cccc(F)c1. The Morgan fingerprint density at radius 3 is 2.82 bits per heavy atom. The molecule has 0 bridgehead atoms. The van der Waals surface area contributed by atoms with Gasteiger partial charge in [0.1, 0.15) is 5.82 Å². The first-order chi connectivity index (χ1) is 10.5. The monoisotopic (exact) mass is 321 g/mol. The van der Waals surface area contributed by atoms with Gasteiger partial charge in [-0.25, -0.2) is 4.39 Å². The first-order valence-corrected chi connectivity index (χ1v) is 7.71. The second kappa shape index (κ2) is 7.70. The van der Waals surface area contributed by atoms with Crippen LogP contribution in [0.3, 0.4) is 0 Å². The fourth-order valence-corrected chi connectivity index (χ4v) is 2.51. The second-order valence-corrected chi connectivity index (χ2v) is 5.74. The summed E-state index contributed by atoms with van der Waals surface area (Å²) < 4.78 is 18.1. The van der Waals surface area contributed by atoms with Crippen molar-refractivity contribution in [3.63, 3.8) is 0 Å². The standard InChI is InChI=1S/C16H16FNO3S/c1-11(16(20)18-13-5-2-4-12(17)10-13)21-15(19)8-7-14-6-3-9-22-14/h2-6,9-11H,7-8H2,1H3,(H,18,20)/t11-/m0/s1. The summed E-state index contributed by atoms with van der Waals surface area (Å²) in [6.07, 6.45) is -0.119. The van der Waals surface area contributed by atoms with Crippen LogP contribution in [0, 0.1) is 5.82 Å². The van der Waals surface area contributed by atoms with Crippen LogP contribution in [0.25, 0.3) is 0 Å². The molecule has 0 aliphatic heterocycles. The van der Waals surface area contributed by atoms with Gasteiger partial charge in [0.25, 0.3) is 5.91 Å². The Balaban J connectivity index is 1.79. The predicted octanol–water partition coefficient (Wildman–Crippen LogP) is 3.39. The zero-order valence-corrected chi connectivity index (χ0v) is 12.9. The van der Waals surface area contributed by atoms with Crippen LogP contribution in [0.15, 0.2) is 41.8 Å². The van der Waals surface area contributed by atoms with E-state index in [-0.39, 0.29) is 6.42 Å². The zero-order chi connectivity index (χ0) is 15.9. The smallest absolute Gasteiger partial charge is 0.306 e. The third-order valence-corrected chi connectivity index (χ3v) is 3.86. The molecule has 116 valence electrons. The van der Waals surface area contributed by atoms with Crippen molar-refractivity contribution in [2.45, 2.75) is 25.9 Å². The predicted molar refractivity (Wildman–Crippen MR) is 83.2 cm³/mol. The molecule has 2 aromatic rings. The molecule has 1 N–H and O–H groups in total. The number of carbonyl (C=O) groups excluding carboxylic acids is 2. The van der Waals surface area contributed by atoms with Crippen LogP contribution >= 0.6 is 11.3 Å². The van der Waals surface area contributed by atoms with Crippen LogP contribution in [0.1, 0.15) is 18.2 Å². The number of halogens is 1. The van der Waals surface area contributed by atoms with Crippen molar-refractivity contribution in [2.24, 2.45) is 0 Å². The Bertz CT molecular complexity index is 643. The van der Waals surface area contributed by atoms with Crippen LogP contribution in [-0.2, 0) is 20.7 Å². The molecule has 1 aromatic heterocycles. The highest BCUT2D eigenvalue weighted by Crippen LogP contribution is 2.13. The van der Waals surface area contributed by atoms with Crippen LogP contribution in [0.4, 0.5) is 10.1 Å². The molecule has 0 fully saturated rings. The minimum Gasteiger partial charge on any atom is -0.453 e. The first-order valence-electron chi connectivity index (χ1n) is 6.83. The molecule has 4 nitrogen and oxygen atoms in total. The van der Waals surface area contributed by atoms with E-state index >= 15 is 0 Å². The number of rotatable bonds is 6. The largest absolute Gasteiger partial charge is 0.453 e. The minimum atomic E-state index is -0.931. The summed E-state index contributed by atoms with van der Waals surface area (Å²) in [5.74, 6) is -1.37. The van der Waals surface area contributed by atoms with E-state index in [2.05, 4.69) is 5.32 Å². The zero-order valence-electron chi connectivity index (χ0n) is 12.0. The van der Waals surface area contributed by atoms with Crippen LogP contribution in [0.2, 0.25) is 0 Å². The van der Waals surface area contributed by atoms with Gasteiger partial charge in [0.05, 0.1) is 6.42 Å². The normalized spacial score (nSPS) is 11.7. The van der Waals surface area contributed by atoms with Gasteiger partial charge in [-0.2, -0.15) is 0 Å². The van der Waals surface area contributed by atoms with Crippen molar-refractivity contribution in [1.29, 1.82) is 0 Å². The second-order valence-electron chi connectivity index (χ2n) is 4.71. The highest BCUT2D eigenvalue weighted by molar-refractivity contribution is 7.09. The third kappa shape index (κ3) is 4.96. The van der Waals surface area contributed by atoms with Crippen molar-refractivity contribution in [3.05, 3.63) is 52.5 Å². The van der Waals surface area contributed by atoms with Gasteiger partial charge < -0.3 is 10.1 Å². The van der Waals surface area contributed by atoms with Crippen molar-refractivity contribution in [3.8, 4) is 0 Å². The molecule has 0 saturated heterocycles. The van der Waals surface area contributed by atoms with Gasteiger partial charge in [-0.05, 0) is 43.0 Å². The molecule has 0 aliphatic carbocycles. The number of aryl methyl sites for hydroxylation is 1. The number of hydrogen-bond donors (Lipinski definition) is 1. The molecule has 0 radical (unpaired) electrons. The number of carbonyl (C=O) groups is 2. The number of esters is 1. The van der Waals surface area contributed by atoms with Crippen molar-refractivity contribution >= 4 is 28.9 Å². The molecule has 1 atom stereocenters. The molecular formula is C16H16FNO3S. The van der Waals surface area contributed by atoms with Crippen LogP contribution in [-0.4, -0.2) is 18.0 Å². The van der Waals surface area contributed by atoms with Crippen LogP contribution in [0.5, 0.6) is 0 Å². The van der Waals surface area contributed by atoms with Crippen molar-refractivity contribution in [1.82, 2.24) is 0 Å². The number of amides is 1. The average Bonchev–Trinajstić information content (AvgIpc) is 2.98. The lowest BCUT2D eigenvalue weighted by molar-refractivity contribution is -0.153. The summed E-state index contributed by atoms with van der Waals surface area (Å²) in [5.41, 5.74) is 0.325. The molecule has 22 heavy (non-hydrogen) atoms. The fourth-order valence-electron chi connectivity index (χ4n) is 1.80. The van der Waals surface area contributed by atoms with E-state index in [0.29, 0.717) is 12.1 Å². The summed E-state index contributed by atoms with van der Waals surface area (Å²) in [4.78, 5) is 24.7. The van der Waals surface area contributed by atoms with Gasteiger partial charge in [-0.15, -0.1) is 11.3 Å². The molecule has 0 spiro atoms. The Labute approximate surface area is 131 Å². The summed E-state index contributed by atoms with van der Waals surface area (Å²) in [6.45, 7) is 1.48. The maximum absolute atomic E-state index is 13.0. The van der Waals surface area contributed by atoms with Gasteiger partial charge in [0.15, 0.2) is 6.10 Å². The number of thiophene rings is 1. The van der Waals surface area contributed by atoms with Crippen molar-refractivity contribution < 1.29 is 18.7 Å². The number of hydrogen-bond acceptors (Lipinski definition) is 4. The molecule has 1 heterocycles. The molecule has 1 amide bonds. The molecule has 0 unspecified atom stereocenters. The van der Waals surface area contributed by atoms with Gasteiger partial charge in [-0.3, -0.25) is 9.59 Å². The van der Waals surface area contributed by atoms with Crippen molar-refractivity contribution in [2.75, 3.05) is 5.32 Å². The fraction of sp³-hybridized carbons (Fsp3) is 0.250. The van der Waals surface area contributed by atoms with E-state index in [1.165, 1.54) is 25.1 Å². The molecule has 0 saturated carbocycles. The molecule has 6 heteroatoms. The highest BCUT2D eigenvalue weighted by atomic mass is 32.1. The Morgan fingerprint density at radius 1 is 1.32 bits per heavy atom. The lowest BCUT2D eigenvalue weighted by Gasteiger charge is -2.13. The number of benzene rings is 1. The molecular weight excluding hydrogens is 305 g/mol. The summed E-state index contributed by atoms with van der Waals surface area (Å²) in [6, 6.07) is 9.39. The molecule has 2 rings (SSSR count). The first kappa shape index (κ1) is 16.2. The number of ether oxygens (including phenoxy) is 1. The molecule has 0 aliphatic rings. The van der Waals surface area contributed by atoms with E-state index in [1.54, 1.807) is 17.4 Å². The minimum absolute atomic E-state index is 0.220. The van der Waals surface area contributed by atoms with Gasteiger partial charge >= 0.3 is 5.97 Å². The Morgan fingerprint density at radius 2 is 2.14 bits per heavy atom. The Hall–Kier alpha value is -2.21. The molecule has 1 aromatic carbocycles.